The van der Waals surface area contributed by atoms with Crippen molar-refractivity contribution in [2.45, 2.75) is 18.4 Å². The summed E-state index contributed by atoms with van der Waals surface area (Å²) in [7, 11) is -3.76. The van der Waals surface area contributed by atoms with Crippen molar-refractivity contribution in [1.29, 1.82) is 0 Å². The van der Waals surface area contributed by atoms with Crippen molar-refractivity contribution in [1.82, 2.24) is 14.1 Å². The van der Waals surface area contributed by atoms with Gasteiger partial charge < -0.3 is 4.90 Å². The van der Waals surface area contributed by atoms with Crippen molar-refractivity contribution in [3.8, 4) is 0 Å². The Morgan fingerprint density at radius 3 is 2.34 bits per heavy atom. The number of rotatable bonds is 7. The molecule has 1 amide bonds. The van der Waals surface area contributed by atoms with Crippen LogP contribution in [0.2, 0.25) is 0 Å². The molecule has 0 aromatic heterocycles. The zero-order chi connectivity index (χ0) is 20.9. The lowest BCUT2D eigenvalue weighted by atomic mass is 10.2. The maximum atomic E-state index is 13.4. The number of carbonyl (C=O) groups excluding carboxylic acids is 1. The van der Waals surface area contributed by atoms with Crippen LogP contribution in [-0.4, -0.2) is 67.7 Å². The Balaban J connectivity index is 1.56. The first-order valence-electron chi connectivity index (χ1n) is 9.70. The van der Waals surface area contributed by atoms with Gasteiger partial charge in [0.2, 0.25) is 15.9 Å². The van der Waals surface area contributed by atoms with Gasteiger partial charge in [-0.15, -0.1) is 0 Å². The third kappa shape index (κ3) is 5.41. The average Bonchev–Trinajstić information content (AvgIpc) is 2.74. The highest BCUT2D eigenvalue weighted by Gasteiger charge is 2.30. The third-order valence-electron chi connectivity index (χ3n) is 5.08. The summed E-state index contributed by atoms with van der Waals surface area (Å²) in [6.07, 6.45) is 0. The number of nitrogens with zero attached hydrogens (tertiary/aromatic N) is 3. The summed E-state index contributed by atoms with van der Waals surface area (Å²) in [5.74, 6) is -0.594. The summed E-state index contributed by atoms with van der Waals surface area (Å²) < 4.78 is 40.1. The Labute approximate surface area is 171 Å². The maximum absolute atomic E-state index is 13.4. The molecule has 29 heavy (non-hydrogen) atoms. The van der Waals surface area contributed by atoms with Crippen LogP contribution in [0.3, 0.4) is 0 Å². The average molecular weight is 420 g/mol. The van der Waals surface area contributed by atoms with E-state index >= 15 is 0 Å². The molecule has 0 aliphatic carbocycles. The molecule has 1 aliphatic rings. The molecule has 156 valence electrons. The number of carbonyl (C=O) groups is 1. The van der Waals surface area contributed by atoms with Crippen molar-refractivity contribution < 1.29 is 17.6 Å². The maximum Gasteiger partial charge on any atom is 0.243 e. The summed E-state index contributed by atoms with van der Waals surface area (Å²) in [6.45, 7) is 4.81. The van der Waals surface area contributed by atoms with Gasteiger partial charge in [0.15, 0.2) is 0 Å². The van der Waals surface area contributed by atoms with Crippen LogP contribution in [0.15, 0.2) is 59.5 Å². The van der Waals surface area contributed by atoms with E-state index in [-0.39, 0.29) is 23.9 Å². The number of likely N-dealkylation sites (N-methyl/N-ethyl adjacent to an activating group) is 1. The van der Waals surface area contributed by atoms with Crippen LogP contribution >= 0.6 is 0 Å². The number of benzene rings is 2. The normalized spacial score (nSPS) is 15.6. The monoisotopic (exact) mass is 419 g/mol. The Hall–Kier alpha value is -2.29. The van der Waals surface area contributed by atoms with Crippen LogP contribution in [0.4, 0.5) is 4.39 Å². The van der Waals surface area contributed by atoms with Crippen LogP contribution < -0.4 is 0 Å². The molecular weight excluding hydrogens is 393 g/mol. The van der Waals surface area contributed by atoms with E-state index in [0.29, 0.717) is 26.2 Å². The number of amides is 1. The lowest BCUT2D eigenvalue weighted by molar-refractivity contribution is -0.133. The van der Waals surface area contributed by atoms with Gasteiger partial charge in [-0.3, -0.25) is 9.69 Å². The molecule has 1 fully saturated rings. The zero-order valence-corrected chi connectivity index (χ0v) is 17.3. The number of piperazine rings is 1. The van der Waals surface area contributed by atoms with Crippen LogP contribution in [0, 0.1) is 5.82 Å². The second-order valence-corrected chi connectivity index (χ2v) is 8.97. The first kappa shape index (κ1) is 21.4. The molecule has 2 aromatic rings. The molecule has 0 radical (unpaired) electrons. The molecule has 1 aliphatic heterocycles. The van der Waals surface area contributed by atoms with Crippen LogP contribution in [0.5, 0.6) is 0 Å². The number of halogens is 1. The summed E-state index contributed by atoms with van der Waals surface area (Å²) in [5.41, 5.74) is 1.15. The van der Waals surface area contributed by atoms with Gasteiger partial charge in [0.05, 0.1) is 11.4 Å². The topological polar surface area (TPSA) is 60.9 Å². The third-order valence-corrected chi connectivity index (χ3v) is 6.97. The van der Waals surface area contributed by atoms with Gasteiger partial charge in [-0.25, -0.2) is 12.8 Å². The van der Waals surface area contributed by atoms with Crippen LogP contribution in [0.1, 0.15) is 12.5 Å². The lowest BCUT2D eigenvalue weighted by Crippen LogP contribution is -2.52. The highest BCUT2D eigenvalue weighted by molar-refractivity contribution is 7.89. The van der Waals surface area contributed by atoms with E-state index in [1.807, 2.05) is 37.3 Å². The van der Waals surface area contributed by atoms with Gasteiger partial charge in [0, 0.05) is 32.7 Å². The molecule has 0 unspecified atom stereocenters. The zero-order valence-electron chi connectivity index (χ0n) is 16.5. The van der Waals surface area contributed by atoms with Crippen LogP contribution in [-0.2, 0) is 21.4 Å². The molecule has 2 aromatic carbocycles. The molecule has 0 saturated carbocycles. The second kappa shape index (κ2) is 9.47. The Kier molecular flexibility index (Phi) is 7.00. The molecule has 8 heteroatoms. The van der Waals surface area contributed by atoms with E-state index in [1.165, 1.54) is 22.5 Å². The molecular formula is C21H26FN3O3S. The van der Waals surface area contributed by atoms with E-state index in [0.717, 1.165) is 18.2 Å². The standard InChI is InChI=1S/C21H26FN3O3S/c1-2-23(16-18-7-4-3-5-8-18)17-21(26)24-11-13-25(14-12-24)29(27,28)20-10-6-9-19(22)15-20/h3-10,15H,2,11-14,16-17H2,1H3. The van der Waals surface area contributed by atoms with E-state index < -0.39 is 15.8 Å². The highest BCUT2D eigenvalue weighted by Crippen LogP contribution is 2.18. The molecule has 0 spiro atoms. The van der Waals surface area contributed by atoms with Gasteiger partial charge in [-0.1, -0.05) is 43.3 Å². The molecule has 6 nitrogen and oxygen atoms in total. The SMILES string of the molecule is CCN(CC(=O)N1CCN(S(=O)(=O)c2cccc(F)c2)CC1)Cc1ccccc1. The largest absolute Gasteiger partial charge is 0.339 e. The number of hydrogen-bond donors (Lipinski definition) is 0. The van der Waals surface area contributed by atoms with E-state index in [9.17, 15) is 17.6 Å². The van der Waals surface area contributed by atoms with Crippen molar-refractivity contribution in [3.63, 3.8) is 0 Å². The molecule has 3 rings (SSSR count). The Bertz CT molecular complexity index is 929. The highest BCUT2D eigenvalue weighted by atomic mass is 32.2. The minimum absolute atomic E-state index is 0.00872. The fourth-order valence-corrected chi connectivity index (χ4v) is 4.82. The molecule has 0 N–H and O–H groups in total. The predicted molar refractivity (Wildman–Crippen MR) is 109 cm³/mol. The minimum Gasteiger partial charge on any atom is -0.339 e. The molecule has 1 saturated heterocycles. The Morgan fingerprint density at radius 2 is 1.72 bits per heavy atom. The first-order valence-corrected chi connectivity index (χ1v) is 11.1. The van der Waals surface area contributed by atoms with Gasteiger partial charge in [-0.2, -0.15) is 4.31 Å². The summed E-state index contributed by atoms with van der Waals surface area (Å²) in [5, 5.41) is 0. The van der Waals surface area contributed by atoms with Crippen LogP contribution in [0.25, 0.3) is 0 Å². The van der Waals surface area contributed by atoms with E-state index in [2.05, 4.69) is 4.90 Å². The smallest absolute Gasteiger partial charge is 0.243 e. The van der Waals surface area contributed by atoms with Gasteiger partial charge in [0.25, 0.3) is 0 Å². The Morgan fingerprint density at radius 1 is 1.03 bits per heavy atom. The molecule has 1 heterocycles. The first-order chi connectivity index (χ1) is 13.9. The predicted octanol–water partition coefficient (Wildman–Crippen LogP) is 2.18. The molecule has 0 bridgehead atoms. The van der Waals surface area contributed by atoms with Gasteiger partial charge >= 0.3 is 0 Å². The molecule has 0 atom stereocenters. The fraction of sp³-hybridized carbons (Fsp3) is 0.381. The number of hydrogen-bond acceptors (Lipinski definition) is 4. The summed E-state index contributed by atoms with van der Waals surface area (Å²) in [6, 6.07) is 15.0. The number of sulfonamides is 1. The summed E-state index contributed by atoms with van der Waals surface area (Å²) in [4.78, 5) is 16.4. The summed E-state index contributed by atoms with van der Waals surface area (Å²) >= 11 is 0. The van der Waals surface area contributed by atoms with E-state index in [4.69, 9.17) is 0 Å². The quantitative estimate of drug-likeness (QED) is 0.690. The van der Waals surface area contributed by atoms with Gasteiger partial charge in [-0.05, 0) is 30.3 Å². The minimum atomic E-state index is -3.76. The fourth-order valence-electron chi connectivity index (χ4n) is 3.37. The second-order valence-electron chi connectivity index (χ2n) is 7.03. The van der Waals surface area contributed by atoms with Crippen molar-refractivity contribution >= 4 is 15.9 Å². The van der Waals surface area contributed by atoms with Gasteiger partial charge in [0.1, 0.15) is 5.82 Å². The van der Waals surface area contributed by atoms with E-state index in [1.54, 1.807) is 4.90 Å². The van der Waals surface area contributed by atoms with Crippen molar-refractivity contribution in [2.24, 2.45) is 0 Å². The van der Waals surface area contributed by atoms with Crippen molar-refractivity contribution in [2.75, 3.05) is 39.3 Å². The van der Waals surface area contributed by atoms with Crippen molar-refractivity contribution in [3.05, 3.63) is 66.0 Å². The lowest BCUT2D eigenvalue weighted by Gasteiger charge is -2.35.